The molecule has 0 saturated carbocycles. The Kier molecular flexibility index (Phi) is 1.85. The van der Waals surface area contributed by atoms with Crippen molar-refractivity contribution in [1.82, 2.24) is 10.4 Å². The number of hydrogen-bond acceptors (Lipinski definition) is 4. The smallest absolute Gasteiger partial charge is 0.249 e. The summed E-state index contributed by atoms with van der Waals surface area (Å²) in [5, 5.41) is 12.4. The first-order chi connectivity index (χ1) is 4.97. The second kappa shape index (κ2) is 2.42. The molecule has 0 bridgehead atoms. The van der Waals surface area contributed by atoms with Gasteiger partial charge < -0.3 is 0 Å². The lowest BCUT2D eigenvalue weighted by molar-refractivity contribution is -0.562. The molecule has 11 heavy (non-hydrogen) atoms. The molecule has 1 heterocycles. The maximum Gasteiger partial charge on any atom is 0.249 e. The fourth-order valence-corrected chi connectivity index (χ4v) is 1.35. The maximum atomic E-state index is 10.6. The number of nitrogens with zero attached hydrogens (tertiary/aromatic N) is 2. The number of rotatable bonds is 1. The predicted octanol–water partition coefficient (Wildman–Crippen LogP) is -0.140. The molecule has 1 N–H and O–H groups in total. The first-order valence-electron chi connectivity index (χ1n) is 3.58. The quantitative estimate of drug-likeness (QED) is 0.427. The fourth-order valence-electron chi connectivity index (χ4n) is 1.35. The molecule has 0 aromatic heterocycles. The lowest BCUT2D eigenvalue weighted by atomic mass is 9.97. The standard InChI is InChI=1S/C6H13N3O2/c1-5-6(2,9(10)11)4-8(3)7-5/h5,7H,4H2,1-3H3. The van der Waals surface area contributed by atoms with Crippen molar-refractivity contribution < 1.29 is 4.92 Å². The molecule has 1 rings (SSSR count). The molecule has 2 unspecified atom stereocenters. The minimum atomic E-state index is -0.839. The summed E-state index contributed by atoms with van der Waals surface area (Å²) in [6.07, 6.45) is 0. The van der Waals surface area contributed by atoms with E-state index in [1.54, 1.807) is 11.9 Å². The van der Waals surface area contributed by atoms with E-state index in [4.69, 9.17) is 0 Å². The second-order valence-corrected chi connectivity index (χ2v) is 3.32. The SMILES string of the molecule is CC1NN(C)CC1(C)[N+](=O)[O-]. The summed E-state index contributed by atoms with van der Waals surface area (Å²) >= 11 is 0. The Morgan fingerprint density at radius 2 is 2.36 bits per heavy atom. The number of nitrogens with one attached hydrogen (secondary N) is 1. The van der Waals surface area contributed by atoms with Crippen LogP contribution in [0.2, 0.25) is 0 Å². The van der Waals surface area contributed by atoms with E-state index in [0.29, 0.717) is 6.54 Å². The van der Waals surface area contributed by atoms with Gasteiger partial charge in [-0.1, -0.05) is 0 Å². The van der Waals surface area contributed by atoms with Crippen molar-refractivity contribution in [3.63, 3.8) is 0 Å². The highest BCUT2D eigenvalue weighted by atomic mass is 16.6. The molecule has 5 heteroatoms. The van der Waals surface area contributed by atoms with E-state index < -0.39 is 5.54 Å². The van der Waals surface area contributed by atoms with Crippen LogP contribution in [0.5, 0.6) is 0 Å². The molecule has 0 aliphatic carbocycles. The van der Waals surface area contributed by atoms with Crippen LogP contribution in [0.3, 0.4) is 0 Å². The van der Waals surface area contributed by atoms with E-state index in [9.17, 15) is 10.1 Å². The molecule has 1 fully saturated rings. The van der Waals surface area contributed by atoms with Gasteiger partial charge in [-0.25, -0.2) is 10.4 Å². The van der Waals surface area contributed by atoms with Gasteiger partial charge in [0.1, 0.15) is 0 Å². The Hall–Kier alpha value is -0.680. The molecule has 64 valence electrons. The van der Waals surface area contributed by atoms with E-state index in [0.717, 1.165) is 0 Å². The van der Waals surface area contributed by atoms with Crippen LogP contribution in [0.1, 0.15) is 13.8 Å². The lowest BCUT2D eigenvalue weighted by Crippen LogP contribution is -2.46. The average Bonchev–Trinajstić information content (AvgIpc) is 2.08. The Balaban J connectivity index is 2.79. The van der Waals surface area contributed by atoms with Crippen LogP contribution in [0.25, 0.3) is 0 Å². The van der Waals surface area contributed by atoms with E-state index in [-0.39, 0.29) is 11.0 Å². The number of nitro groups is 1. The summed E-state index contributed by atoms with van der Waals surface area (Å²) in [6.45, 7) is 3.95. The van der Waals surface area contributed by atoms with Crippen LogP contribution >= 0.6 is 0 Å². The minimum absolute atomic E-state index is 0.0949. The molecular weight excluding hydrogens is 146 g/mol. The first kappa shape index (κ1) is 8.42. The largest absolute Gasteiger partial charge is 0.264 e. The Bertz CT molecular complexity index is 185. The molecule has 0 aromatic rings. The van der Waals surface area contributed by atoms with Crippen LogP contribution in [0, 0.1) is 10.1 Å². The lowest BCUT2D eigenvalue weighted by Gasteiger charge is -2.16. The van der Waals surface area contributed by atoms with Crippen molar-refractivity contribution in [2.45, 2.75) is 25.4 Å². The molecule has 1 aliphatic heterocycles. The molecule has 1 saturated heterocycles. The van der Waals surface area contributed by atoms with Gasteiger partial charge in [0.15, 0.2) is 0 Å². The number of hydrazine groups is 1. The minimum Gasteiger partial charge on any atom is -0.264 e. The third-order valence-corrected chi connectivity index (χ3v) is 2.32. The van der Waals surface area contributed by atoms with E-state index in [2.05, 4.69) is 5.43 Å². The second-order valence-electron chi connectivity index (χ2n) is 3.32. The first-order valence-corrected chi connectivity index (χ1v) is 3.58. The molecule has 0 spiro atoms. The molecule has 0 amide bonds. The van der Waals surface area contributed by atoms with Crippen LogP contribution < -0.4 is 5.43 Å². The van der Waals surface area contributed by atoms with Gasteiger partial charge in [-0.15, -0.1) is 0 Å². The Morgan fingerprint density at radius 1 is 1.82 bits per heavy atom. The van der Waals surface area contributed by atoms with Gasteiger partial charge in [0, 0.05) is 18.9 Å². The molecule has 2 atom stereocenters. The zero-order valence-corrected chi connectivity index (χ0v) is 7.00. The normalized spacial score (nSPS) is 39.4. The highest BCUT2D eigenvalue weighted by Gasteiger charge is 2.49. The zero-order valence-electron chi connectivity index (χ0n) is 7.00. The summed E-state index contributed by atoms with van der Waals surface area (Å²) in [7, 11) is 1.81. The molecule has 0 aromatic carbocycles. The van der Waals surface area contributed by atoms with Gasteiger partial charge in [-0.3, -0.25) is 10.1 Å². The van der Waals surface area contributed by atoms with Crippen LogP contribution in [-0.4, -0.2) is 35.1 Å². The number of likely N-dealkylation sites (N-methyl/N-ethyl adjacent to an activating group) is 1. The van der Waals surface area contributed by atoms with Crippen molar-refractivity contribution in [3.05, 3.63) is 10.1 Å². The average molecular weight is 159 g/mol. The summed E-state index contributed by atoms with van der Waals surface area (Å²) < 4.78 is 0. The molecular formula is C6H13N3O2. The third-order valence-electron chi connectivity index (χ3n) is 2.32. The maximum absolute atomic E-state index is 10.6. The number of hydrogen-bond donors (Lipinski definition) is 1. The van der Waals surface area contributed by atoms with Gasteiger partial charge in [0.05, 0.1) is 12.6 Å². The highest BCUT2D eigenvalue weighted by Crippen LogP contribution is 2.20. The van der Waals surface area contributed by atoms with Gasteiger partial charge in [-0.05, 0) is 6.92 Å². The van der Waals surface area contributed by atoms with Crippen LogP contribution in [0.4, 0.5) is 0 Å². The third kappa shape index (κ3) is 1.21. The fraction of sp³-hybridized carbons (Fsp3) is 1.00. The molecule has 0 radical (unpaired) electrons. The summed E-state index contributed by atoms with van der Waals surface area (Å²) in [4.78, 5) is 10.4. The van der Waals surface area contributed by atoms with Crippen molar-refractivity contribution in [3.8, 4) is 0 Å². The Morgan fingerprint density at radius 3 is 2.55 bits per heavy atom. The Labute approximate surface area is 65.5 Å². The monoisotopic (exact) mass is 159 g/mol. The van der Waals surface area contributed by atoms with Gasteiger partial charge >= 0.3 is 0 Å². The van der Waals surface area contributed by atoms with Crippen molar-refractivity contribution in [2.75, 3.05) is 13.6 Å². The topological polar surface area (TPSA) is 58.4 Å². The van der Waals surface area contributed by atoms with Gasteiger partial charge in [-0.2, -0.15) is 0 Å². The summed E-state index contributed by atoms with van der Waals surface area (Å²) in [5.74, 6) is 0. The van der Waals surface area contributed by atoms with Crippen molar-refractivity contribution >= 4 is 0 Å². The molecule has 1 aliphatic rings. The van der Waals surface area contributed by atoms with Gasteiger partial charge in [0.25, 0.3) is 0 Å². The van der Waals surface area contributed by atoms with Crippen molar-refractivity contribution in [1.29, 1.82) is 0 Å². The van der Waals surface area contributed by atoms with E-state index in [1.807, 2.05) is 14.0 Å². The van der Waals surface area contributed by atoms with Crippen molar-refractivity contribution in [2.24, 2.45) is 0 Å². The van der Waals surface area contributed by atoms with E-state index in [1.165, 1.54) is 0 Å². The highest BCUT2D eigenvalue weighted by molar-refractivity contribution is 4.91. The predicted molar refractivity (Wildman–Crippen MR) is 40.6 cm³/mol. The van der Waals surface area contributed by atoms with E-state index >= 15 is 0 Å². The summed E-state index contributed by atoms with van der Waals surface area (Å²) in [5.41, 5.74) is 2.14. The van der Waals surface area contributed by atoms with Gasteiger partial charge in [0.2, 0.25) is 5.54 Å². The summed E-state index contributed by atoms with van der Waals surface area (Å²) in [6, 6.07) is -0.0949. The van der Waals surface area contributed by atoms with Crippen LogP contribution in [0.15, 0.2) is 0 Å². The van der Waals surface area contributed by atoms with Crippen LogP contribution in [-0.2, 0) is 0 Å². The molecule has 5 nitrogen and oxygen atoms in total. The zero-order chi connectivity index (χ0) is 8.65.